The largest absolute Gasteiger partial charge is 0.383 e. The van der Waals surface area contributed by atoms with Gasteiger partial charge in [-0.05, 0) is 35.2 Å². The van der Waals surface area contributed by atoms with E-state index in [1.54, 1.807) is 4.68 Å². The molecular weight excluding hydrogens is 306 g/mol. The first-order chi connectivity index (χ1) is 8.88. The summed E-state index contributed by atoms with van der Waals surface area (Å²) in [5.74, 6) is 1.62. The molecule has 0 atom stereocenters. The minimum absolute atomic E-state index is 0.476. The van der Waals surface area contributed by atoms with Crippen molar-refractivity contribution in [1.29, 1.82) is 0 Å². The van der Waals surface area contributed by atoms with Crippen LogP contribution in [0.15, 0.2) is 10.7 Å². The molecule has 0 aliphatic heterocycles. The summed E-state index contributed by atoms with van der Waals surface area (Å²) in [6.45, 7) is 6.25. The summed E-state index contributed by atoms with van der Waals surface area (Å²) in [5, 5.41) is 4.31. The average molecular weight is 324 g/mol. The number of nitrogen functional groups attached to an aromatic ring is 1. The lowest BCUT2D eigenvalue weighted by atomic mass is 10.1. The fourth-order valence-electron chi connectivity index (χ4n) is 1.97. The highest BCUT2D eigenvalue weighted by molar-refractivity contribution is 9.10. The Hall–Kier alpha value is -1.43. The summed E-state index contributed by atoms with van der Waals surface area (Å²) >= 11 is 3.47. The predicted molar refractivity (Wildman–Crippen MR) is 79.6 cm³/mol. The van der Waals surface area contributed by atoms with Gasteiger partial charge in [-0.1, -0.05) is 13.8 Å². The van der Waals surface area contributed by atoms with Gasteiger partial charge in [-0.3, -0.25) is 4.68 Å². The van der Waals surface area contributed by atoms with Gasteiger partial charge in [0.05, 0.1) is 21.4 Å². The highest BCUT2D eigenvalue weighted by Crippen LogP contribution is 2.27. The van der Waals surface area contributed by atoms with Crippen LogP contribution in [0.1, 0.15) is 25.2 Å². The first-order valence-corrected chi connectivity index (χ1v) is 7.00. The van der Waals surface area contributed by atoms with Crippen LogP contribution in [-0.2, 0) is 13.5 Å². The van der Waals surface area contributed by atoms with E-state index in [1.807, 2.05) is 20.2 Å². The number of halogens is 1. The van der Waals surface area contributed by atoms with E-state index in [0.717, 1.165) is 27.8 Å². The van der Waals surface area contributed by atoms with E-state index in [2.05, 4.69) is 44.8 Å². The molecule has 0 unspecified atom stereocenters. The summed E-state index contributed by atoms with van der Waals surface area (Å²) in [6.07, 6.45) is 2.77. The lowest BCUT2D eigenvalue weighted by molar-refractivity contribution is 0.633. The Bertz CT molecular complexity index is 603. The molecule has 0 amide bonds. The lowest BCUT2D eigenvalue weighted by Gasteiger charge is -2.10. The van der Waals surface area contributed by atoms with Crippen LogP contribution in [0, 0.1) is 12.8 Å². The van der Waals surface area contributed by atoms with Crippen molar-refractivity contribution in [2.24, 2.45) is 13.0 Å². The molecule has 0 radical (unpaired) electrons. The zero-order valence-corrected chi connectivity index (χ0v) is 13.2. The second-order valence-electron chi connectivity index (χ2n) is 5.09. The van der Waals surface area contributed by atoms with Crippen molar-refractivity contribution in [2.45, 2.75) is 27.2 Å². The molecule has 0 aromatic carbocycles. The molecule has 5 nitrogen and oxygen atoms in total. The van der Waals surface area contributed by atoms with Crippen molar-refractivity contribution in [3.05, 3.63) is 22.1 Å². The van der Waals surface area contributed by atoms with Gasteiger partial charge in [0.2, 0.25) is 0 Å². The van der Waals surface area contributed by atoms with Crippen LogP contribution in [0.3, 0.4) is 0 Å². The van der Waals surface area contributed by atoms with E-state index in [1.165, 1.54) is 0 Å². The summed E-state index contributed by atoms with van der Waals surface area (Å²) < 4.78 is 2.56. The number of hydrogen-bond acceptors (Lipinski definition) is 4. The Morgan fingerprint density at radius 3 is 2.58 bits per heavy atom. The molecule has 2 heterocycles. The van der Waals surface area contributed by atoms with Crippen molar-refractivity contribution in [3.8, 4) is 11.4 Å². The van der Waals surface area contributed by atoms with Gasteiger partial charge >= 0.3 is 0 Å². The molecule has 2 aromatic rings. The highest BCUT2D eigenvalue weighted by Gasteiger charge is 2.15. The monoisotopic (exact) mass is 323 g/mol. The van der Waals surface area contributed by atoms with Gasteiger partial charge in [-0.25, -0.2) is 9.97 Å². The Labute approximate surface area is 121 Å². The maximum atomic E-state index is 5.97. The quantitative estimate of drug-likeness (QED) is 0.942. The molecule has 0 bridgehead atoms. The average Bonchev–Trinajstić information content (AvgIpc) is 2.63. The normalized spacial score (nSPS) is 11.3. The molecule has 0 spiro atoms. The molecular formula is C13H18BrN5. The number of nitrogens with zero attached hydrogens (tertiary/aromatic N) is 4. The minimum atomic E-state index is 0.476. The molecule has 6 heteroatoms. The Morgan fingerprint density at radius 2 is 2.05 bits per heavy atom. The summed E-state index contributed by atoms with van der Waals surface area (Å²) in [7, 11) is 1.88. The minimum Gasteiger partial charge on any atom is -0.383 e. The van der Waals surface area contributed by atoms with Gasteiger partial charge in [0.25, 0.3) is 0 Å². The van der Waals surface area contributed by atoms with Crippen LogP contribution in [0.25, 0.3) is 11.4 Å². The summed E-state index contributed by atoms with van der Waals surface area (Å²) in [4.78, 5) is 8.98. The van der Waals surface area contributed by atoms with Crippen molar-refractivity contribution in [2.75, 3.05) is 5.73 Å². The van der Waals surface area contributed by atoms with Crippen LogP contribution in [0.2, 0.25) is 0 Å². The molecule has 2 aromatic heterocycles. The van der Waals surface area contributed by atoms with Crippen LogP contribution in [0.5, 0.6) is 0 Å². The zero-order chi connectivity index (χ0) is 14.2. The van der Waals surface area contributed by atoms with Crippen molar-refractivity contribution in [3.63, 3.8) is 0 Å². The molecule has 2 N–H and O–H groups in total. The molecule has 0 fully saturated rings. The number of aromatic nitrogens is 4. The molecule has 0 saturated heterocycles. The Kier molecular flexibility index (Phi) is 3.89. The van der Waals surface area contributed by atoms with Crippen LogP contribution in [0.4, 0.5) is 5.82 Å². The van der Waals surface area contributed by atoms with Crippen molar-refractivity contribution < 1.29 is 0 Å². The van der Waals surface area contributed by atoms with Gasteiger partial charge in [0.15, 0.2) is 5.82 Å². The Balaban J connectivity index is 2.53. The first kappa shape index (κ1) is 14.0. The fourth-order valence-corrected chi connectivity index (χ4v) is 2.31. The molecule has 102 valence electrons. The van der Waals surface area contributed by atoms with Crippen LogP contribution in [-0.4, -0.2) is 19.7 Å². The number of hydrogen-bond donors (Lipinski definition) is 1. The van der Waals surface area contributed by atoms with Gasteiger partial charge in [0, 0.05) is 13.2 Å². The second-order valence-corrected chi connectivity index (χ2v) is 5.89. The topological polar surface area (TPSA) is 69.6 Å². The molecule has 0 aliphatic carbocycles. The van der Waals surface area contributed by atoms with E-state index in [0.29, 0.717) is 17.6 Å². The summed E-state index contributed by atoms with van der Waals surface area (Å²) in [5.41, 5.74) is 8.74. The number of aryl methyl sites for hydroxylation is 2. The van der Waals surface area contributed by atoms with Gasteiger partial charge in [-0.15, -0.1) is 0 Å². The van der Waals surface area contributed by atoms with E-state index in [9.17, 15) is 0 Å². The highest BCUT2D eigenvalue weighted by atomic mass is 79.9. The SMILES string of the molecule is Cc1nn(C)cc1-c1nc(N)c(Br)c(CC(C)C)n1. The third-order valence-corrected chi connectivity index (χ3v) is 3.67. The van der Waals surface area contributed by atoms with Crippen LogP contribution < -0.4 is 5.73 Å². The predicted octanol–water partition coefficient (Wildman–Crippen LogP) is 2.73. The summed E-state index contributed by atoms with van der Waals surface area (Å²) in [6, 6.07) is 0. The maximum absolute atomic E-state index is 5.97. The third-order valence-electron chi connectivity index (χ3n) is 2.80. The van der Waals surface area contributed by atoms with Gasteiger partial charge in [0.1, 0.15) is 5.82 Å². The van der Waals surface area contributed by atoms with E-state index in [4.69, 9.17) is 5.73 Å². The molecule has 2 rings (SSSR count). The number of rotatable bonds is 3. The number of nitrogens with two attached hydrogens (primary N) is 1. The smallest absolute Gasteiger partial charge is 0.165 e. The molecule has 0 saturated carbocycles. The maximum Gasteiger partial charge on any atom is 0.165 e. The van der Waals surface area contributed by atoms with Crippen LogP contribution >= 0.6 is 15.9 Å². The third kappa shape index (κ3) is 2.94. The first-order valence-electron chi connectivity index (χ1n) is 6.21. The standard InChI is InChI=1S/C13H18BrN5/c1-7(2)5-10-11(14)12(15)17-13(16-10)9-6-19(4)18-8(9)3/h6-7H,5H2,1-4H3,(H2,15,16,17). The van der Waals surface area contributed by atoms with Gasteiger partial charge in [-0.2, -0.15) is 5.10 Å². The van der Waals surface area contributed by atoms with Gasteiger partial charge < -0.3 is 5.73 Å². The van der Waals surface area contributed by atoms with Crippen molar-refractivity contribution in [1.82, 2.24) is 19.7 Å². The molecule has 0 aliphatic rings. The molecule has 19 heavy (non-hydrogen) atoms. The fraction of sp³-hybridized carbons (Fsp3) is 0.462. The van der Waals surface area contributed by atoms with Crippen molar-refractivity contribution >= 4 is 21.7 Å². The zero-order valence-electron chi connectivity index (χ0n) is 11.6. The number of anilines is 1. The lowest BCUT2D eigenvalue weighted by Crippen LogP contribution is -2.05. The van der Waals surface area contributed by atoms with E-state index < -0.39 is 0 Å². The van der Waals surface area contributed by atoms with E-state index >= 15 is 0 Å². The Morgan fingerprint density at radius 1 is 1.37 bits per heavy atom. The second kappa shape index (κ2) is 5.28. The van der Waals surface area contributed by atoms with E-state index in [-0.39, 0.29) is 0 Å².